The average molecular weight is 264 g/mol. The smallest absolute Gasteiger partial charge is 0.240 e. The van der Waals surface area contributed by atoms with Gasteiger partial charge in [-0.2, -0.15) is 0 Å². The molecule has 1 fully saturated rings. The monoisotopic (exact) mass is 264 g/mol. The molecular formula is C13H13FN2O3. The summed E-state index contributed by atoms with van der Waals surface area (Å²) in [6.45, 7) is 0.556. The molecule has 0 spiro atoms. The molecule has 1 aliphatic heterocycles. The maximum Gasteiger partial charge on any atom is 0.240 e. The molecule has 1 heterocycles. The predicted octanol–water partition coefficient (Wildman–Crippen LogP) is 0.357. The Balaban J connectivity index is 1.88. The summed E-state index contributed by atoms with van der Waals surface area (Å²) in [4.78, 5) is 35.7. The van der Waals surface area contributed by atoms with E-state index >= 15 is 0 Å². The number of Topliss-reactive ketones (excluding diaryl/α,β-unsaturated/α-hetero) is 1. The van der Waals surface area contributed by atoms with Crippen molar-refractivity contribution >= 4 is 17.6 Å². The lowest BCUT2D eigenvalue weighted by Crippen LogP contribution is -2.51. The number of carbonyl (C=O) groups excluding carboxylic acids is 3. The minimum Gasteiger partial charge on any atom is -0.294 e. The molecule has 0 radical (unpaired) electrons. The average Bonchev–Trinajstić information content (AvgIpc) is 2.36. The van der Waals surface area contributed by atoms with Gasteiger partial charge in [0.25, 0.3) is 0 Å². The number of nitrogens with one attached hydrogen (secondary N) is 1. The number of benzene rings is 1. The van der Waals surface area contributed by atoms with Gasteiger partial charge in [0.05, 0.1) is 13.1 Å². The lowest BCUT2D eigenvalue weighted by atomic mass is 10.1. The van der Waals surface area contributed by atoms with E-state index in [1.807, 2.05) is 0 Å². The second-order valence-electron chi connectivity index (χ2n) is 4.36. The maximum absolute atomic E-state index is 12.7. The molecule has 0 aromatic heterocycles. The normalized spacial score (nSPS) is 16.3. The molecule has 1 aromatic rings. The fourth-order valence-electron chi connectivity index (χ4n) is 1.89. The van der Waals surface area contributed by atoms with Crippen molar-refractivity contribution in [1.29, 1.82) is 0 Å². The van der Waals surface area contributed by atoms with Crippen molar-refractivity contribution in [3.8, 4) is 0 Å². The summed E-state index contributed by atoms with van der Waals surface area (Å²) < 4.78 is 12.7. The van der Waals surface area contributed by atoms with Crippen LogP contribution in [0.2, 0.25) is 0 Å². The molecular weight excluding hydrogens is 251 g/mol. The first-order valence-corrected chi connectivity index (χ1v) is 5.88. The zero-order valence-electron chi connectivity index (χ0n) is 10.2. The third kappa shape index (κ3) is 3.69. The first-order chi connectivity index (χ1) is 9.04. The lowest BCUT2D eigenvalue weighted by Gasteiger charge is -2.24. The molecule has 1 aliphatic rings. The van der Waals surface area contributed by atoms with E-state index in [0.717, 1.165) is 0 Å². The van der Waals surface area contributed by atoms with E-state index in [1.54, 1.807) is 4.90 Å². The predicted molar refractivity (Wildman–Crippen MR) is 64.9 cm³/mol. The third-order valence-electron chi connectivity index (χ3n) is 2.83. The van der Waals surface area contributed by atoms with E-state index in [4.69, 9.17) is 0 Å². The van der Waals surface area contributed by atoms with Gasteiger partial charge in [0, 0.05) is 18.5 Å². The van der Waals surface area contributed by atoms with Gasteiger partial charge in [-0.05, 0) is 24.3 Å². The highest BCUT2D eigenvalue weighted by Crippen LogP contribution is 2.07. The molecule has 0 atom stereocenters. The SMILES string of the molecule is O=C1CN(CCC(=O)c2ccc(F)cc2)CC(=O)N1. The number of imide groups is 1. The Kier molecular flexibility index (Phi) is 4.01. The van der Waals surface area contributed by atoms with Crippen LogP contribution < -0.4 is 5.32 Å². The van der Waals surface area contributed by atoms with Crippen LogP contribution in [-0.2, 0) is 9.59 Å². The highest BCUT2D eigenvalue weighted by Gasteiger charge is 2.22. The van der Waals surface area contributed by atoms with Crippen LogP contribution >= 0.6 is 0 Å². The van der Waals surface area contributed by atoms with Gasteiger partial charge in [-0.25, -0.2) is 4.39 Å². The van der Waals surface area contributed by atoms with Gasteiger partial charge in [0.1, 0.15) is 5.82 Å². The van der Waals surface area contributed by atoms with E-state index in [2.05, 4.69) is 5.32 Å². The van der Waals surface area contributed by atoms with Crippen LogP contribution in [-0.4, -0.2) is 42.1 Å². The number of amides is 2. The fourth-order valence-corrected chi connectivity index (χ4v) is 1.89. The second-order valence-corrected chi connectivity index (χ2v) is 4.36. The van der Waals surface area contributed by atoms with Crippen molar-refractivity contribution < 1.29 is 18.8 Å². The summed E-state index contributed by atoms with van der Waals surface area (Å²) in [6.07, 6.45) is 0.187. The number of nitrogens with zero attached hydrogens (tertiary/aromatic N) is 1. The Morgan fingerprint density at radius 2 is 1.74 bits per heavy atom. The molecule has 6 heteroatoms. The van der Waals surface area contributed by atoms with Gasteiger partial charge < -0.3 is 0 Å². The number of carbonyl (C=O) groups is 3. The van der Waals surface area contributed by atoms with E-state index in [9.17, 15) is 18.8 Å². The summed E-state index contributed by atoms with van der Waals surface area (Å²) in [6, 6.07) is 5.30. The van der Waals surface area contributed by atoms with Crippen LogP contribution in [0.3, 0.4) is 0 Å². The van der Waals surface area contributed by atoms with Gasteiger partial charge in [-0.15, -0.1) is 0 Å². The topological polar surface area (TPSA) is 66.5 Å². The van der Waals surface area contributed by atoms with Gasteiger partial charge in [0.2, 0.25) is 11.8 Å². The summed E-state index contributed by atoms with van der Waals surface area (Å²) in [5.41, 5.74) is 0.425. The third-order valence-corrected chi connectivity index (χ3v) is 2.83. The first kappa shape index (κ1) is 13.4. The zero-order chi connectivity index (χ0) is 13.8. The number of hydrogen-bond acceptors (Lipinski definition) is 4. The molecule has 1 saturated heterocycles. The standard InChI is InChI=1S/C13H13FN2O3/c14-10-3-1-9(2-4-10)11(17)5-6-16-7-12(18)15-13(19)8-16/h1-4H,5-8H2,(H,15,18,19). The summed E-state index contributed by atoms with van der Waals surface area (Å²) in [5.74, 6) is -1.25. The Morgan fingerprint density at radius 1 is 1.16 bits per heavy atom. The molecule has 0 bridgehead atoms. The Labute approximate surface area is 109 Å². The van der Waals surface area contributed by atoms with E-state index in [-0.39, 0.29) is 37.1 Å². The van der Waals surface area contributed by atoms with Crippen molar-refractivity contribution in [1.82, 2.24) is 10.2 Å². The quantitative estimate of drug-likeness (QED) is 0.629. The Bertz CT molecular complexity index is 497. The summed E-state index contributed by atoms with van der Waals surface area (Å²) in [7, 11) is 0. The second kappa shape index (κ2) is 5.71. The zero-order valence-corrected chi connectivity index (χ0v) is 10.2. The molecule has 1 aromatic carbocycles. The molecule has 100 valence electrons. The van der Waals surface area contributed by atoms with Gasteiger partial charge in [0.15, 0.2) is 5.78 Å². The fraction of sp³-hybridized carbons (Fsp3) is 0.308. The number of rotatable bonds is 4. The van der Waals surface area contributed by atoms with Crippen molar-refractivity contribution in [2.75, 3.05) is 19.6 Å². The van der Waals surface area contributed by atoms with E-state index < -0.39 is 5.82 Å². The first-order valence-electron chi connectivity index (χ1n) is 5.88. The minimum absolute atomic E-state index is 0.114. The molecule has 19 heavy (non-hydrogen) atoms. The maximum atomic E-state index is 12.7. The number of piperazine rings is 1. The van der Waals surface area contributed by atoms with Crippen LogP contribution in [0.1, 0.15) is 16.8 Å². The molecule has 2 rings (SSSR count). The van der Waals surface area contributed by atoms with Crippen LogP contribution in [0.4, 0.5) is 4.39 Å². The molecule has 0 unspecified atom stereocenters. The van der Waals surface area contributed by atoms with Crippen molar-refractivity contribution in [3.63, 3.8) is 0 Å². The number of ketones is 1. The van der Waals surface area contributed by atoms with Crippen LogP contribution in [0, 0.1) is 5.82 Å². The molecule has 0 aliphatic carbocycles. The molecule has 2 amide bonds. The highest BCUT2D eigenvalue weighted by atomic mass is 19.1. The minimum atomic E-state index is -0.394. The summed E-state index contributed by atoms with van der Waals surface area (Å²) in [5, 5.41) is 2.19. The molecule has 5 nitrogen and oxygen atoms in total. The molecule has 0 saturated carbocycles. The Hall–Kier alpha value is -2.08. The van der Waals surface area contributed by atoms with Crippen molar-refractivity contribution in [2.45, 2.75) is 6.42 Å². The van der Waals surface area contributed by atoms with Gasteiger partial charge in [-0.3, -0.25) is 24.6 Å². The van der Waals surface area contributed by atoms with Crippen LogP contribution in [0.25, 0.3) is 0 Å². The van der Waals surface area contributed by atoms with Gasteiger partial charge in [-0.1, -0.05) is 0 Å². The van der Waals surface area contributed by atoms with E-state index in [1.165, 1.54) is 24.3 Å². The van der Waals surface area contributed by atoms with Crippen LogP contribution in [0.5, 0.6) is 0 Å². The van der Waals surface area contributed by atoms with E-state index in [0.29, 0.717) is 12.1 Å². The number of hydrogen-bond donors (Lipinski definition) is 1. The van der Waals surface area contributed by atoms with Crippen molar-refractivity contribution in [2.24, 2.45) is 0 Å². The Morgan fingerprint density at radius 3 is 2.32 bits per heavy atom. The molecule has 1 N–H and O–H groups in total. The number of halogens is 1. The van der Waals surface area contributed by atoms with Gasteiger partial charge >= 0.3 is 0 Å². The highest BCUT2D eigenvalue weighted by molar-refractivity contribution is 5.99. The van der Waals surface area contributed by atoms with Crippen LogP contribution in [0.15, 0.2) is 24.3 Å². The summed E-state index contributed by atoms with van der Waals surface area (Å²) >= 11 is 0. The van der Waals surface area contributed by atoms with Crippen molar-refractivity contribution in [3.05, 3.63) is 35.6 Å². The lowest BCUT2D eigenvalue weighted by molar-refractivity contribution is -0.136. The largest absolute Gasteiger partial charge is 0.294 e.